The molecule has 8 heteroatoms. The second-order valence-corrected chi connectivity index (χ2v) is 6.78. The van der Waals surface area contributed by atoms with Crippen LogP contribution >= 0.6 is 23.1 Å². The normalized spacial score (nSPS) is 10.5. The summed E-state index contributed by atoms with van der Waals surface area (Å²) in [5.41, 5.74) is 6.91. The van der Waals surface area contributed by atoms with Gasteiger partial charge >= 0.3 is 0 Å². The lowest BCUT2D eigenvalue weighted by Gasteiger charge is -2.07. The minimum absolute atomic E-state index is 0.0163. The maximum atomic E-state index is 11.4. The zero-order valence-corrected chi connectivity index (χ0v) is 14.2. The highest BCUT2D eigenvalue weighted by atomic mass is 32.2. The van der Waals surface area contributed by atoms with Crippen LogP contribution in [0.3, 0.4) is 0 Å². The van der Waals surface area contributed by atoms with E-state index in [-0.39, 0.29) is 6.54 Å². The lowest BCUT2D eigenvalue weighted by molar-refractivity contribution is -0.118. The van der Waals surface area contributed by atoms with E-state index in [2.05, 4.69) is 16.3 Å². The van der Waals surface area contributed by atoms with Gasteiger partial charge in [0, 0.05) is 5.75 Å². The molecule has 0 saturated heterocycles. The van der Waals surface area contributed by atoms with Crippen molar-refractivity contribution in [2.45, 2.75) is 17.5 Å². The van der Waals surface area contributed by atoms with Gasteiger partial charge in [0.15, 0.2) is 11.0 Å². The smallest absolute Gasteiger partial charge is 0.237 e. The molecule has 120 valence electrons. The molecular weight excluding hydrogens is 342 g/mol. The Morgan fingerprint density at radius 1 is 1.29 bits per heavy atom. The highest BCUT2D eigenvalue weighted by Gasteiger charge is 2.17. The molecule has 1 amide bonds. The highest BCUT2D eigenvalue weighted by Crippen LogP contribution is 2.29. The Labute approximate surface area is 146 Å². The van der Waals surface area contributed by atoms with Gasteiger partial charge < -0.3 is 5.73 Å². The van der Waals surface area contributed by atoms with Gasteiger partial charge in [-0.1, -0.05) is 36.0 Å². The van der Waals surface area contributed by atoms with Crippen molar-refractivity contribution in [2.75, 3.05) is 0 Å². The molecule has 2 N–H and O–H groups in total. The van der Waals surface area contributed by atoms with E-state index in [1.54, 1.807) is 10.6 Å². The van der Waals surface area contributed by atoms with Crippen LogP contribution in [-0.2, 0) is 17.1 Å². The van der Waals surface area contributed by atoms with E-state index in [1.807, 2.05) is 35.7 Å². The van der Waals surface area contributed by atoms with Crippen molar-refractivity contribution >= 4 is 29.0 Å². The molecular formula is C16H13N5OS2. The number of amides is 1. The molecule has 0 spiro atoms. The molecule has 0 aliphatic carbocycles. The number of primary amides is 1. The maximum absolute atomic E-state index is 11.4. The van der Waals surface area contributed by atoms with Crippen LogP contribution in [0.2, 0.25) is 0 Å². The van der Waals surface area contributed by atoms with Crippen LogP contribution in [0.15, 0.2) is 46.9 Å². The van der Waals surface area contributed by atoms with E-state index in [0.29, 0.717) is 22.3 Å². The van der Waals surface area contributed by atoms with Crippen LogP contribution in [0, 0.1) is 11.3 Å². The standard InChI is InChI=1S/C16H13N5OS2/c17-8-11-4-1-2-5-12(11)10-24-16-20-19-15(13-6-3-7-23-13)21(16)9-14(18)22/h1-7H,9-10H2,(H2,18,22). The quantitative estimate of drug-likeness (QED) is 0.686. The Morgan fingerprint density at radius 2 is 2.12 bits per heavy atom. The first-order chi connectivity index (χ1) is 11.7. The minimum atomic E-state index is -0.452. The third-order valence-corrected chi connectivity index (χ3v) is 5.15. The van der Waals surface area contributed by atoms with Gasteiger partial charge in [-0.3, -0.25) is 9.36 Å². The molecule has 2 aromatic heterocycles. The zero-order chi connectivity index (χ0) is 16.9. The monoisotopic (exact) mass is 355 g/mol. The number of rotatable bonds is 6. The Hall–Kier alpha value is -2.63. The summed E-state index contributed by atoms with van der Waals surface area (Å²) in [6.07, 6.45) is 0. The van der Waals surface area contributed by atoms with E-state index in [1.165, 1.54) is 23.1 Å². The molecule has 3 aromatic rings. The summed E-state index contributed by atoms with van der Waals surface area (Å²) in [7, 11) is 0. The van der Waals surface area contributed by atoms with Gasteiger partial charge in [0.05, 0.1) is 16.5 Å². The van der Waals surface area contributed by atoms with Crippen LogP contribution < -0.4 is 5.73 Å². The largest absolute Gasteiger partial charge is 0.368 e. The summed E-state index contributed by atoms with van der Waals surface area (Å²) in [4.78, 5) is 12.3. The molecule has 0 unspecified atom stereocenters. The molecule has 24 heavy (non-hydrogen) atoms. The Balaban J connectivity index is 1.88. The van der Waals surface area contributed by atoms with Crippen molar-refractivity contribution in [3.05, 3.63) is 52.9 Å². The fourth-order valence-electron chi connectivity index (χ4n) is 2.18. The molecule has 0 fully saturated rings. The van der Waals surface area contributed by atoms with Gasteiger partial charge in [0.25, 0.3) is 0 Å². The predicted octanol–water partition coefficient (Wildman–Crippen LogP) is 2.66. The number of carbonyl (C=O) groups is 1. The van der Waals surface area contributed by atoms with Gasteiger partial charge in [-0.2, -0.15) is 5.26 Å². The molecule has 0 bridgehead atoms. The number of nitriles is 1. The van der Waals surface area contributed by atoms with E-state index >= 15 is 0 Å². The number of aromatic nitrogens is 3. The Morgan fingerprint density at radius 3 is 2.83 bits per heavy atom. The summed E-state index contributed by atoms with van der Waals surface area (Å²) in [5, 5.41) is 20.1. The van der Waals surface area contributed by atoms with Crippen molar-refractivity contribution in [3.8, 4) is 16.8 Å². The van der Waals surface area contributed by atoms with Crippen molar-refractivity contribution in [2.24, 2.45) is 5.73 Å². The topological polar surface area (TPSA) is 97.6 Å². The van der Waals surface area contributed by atoms with Gasteiger partial charge in [-0.15, -0.1) is 21.5 Å². The average Bonchev–Trinajstić information content (AvgIpc) is 3.22. The molecule has 6 nitrogen and oxygen atoms in total. The van der Waals surface area contributed by atoms with Crippen molar-refractivity contribution in [3.63, 3.8) is 0 Å². The second kappa shape index (κ2) is 7.29. The third-order valence-electron chi connectivity index (χ3n) is 3.27. The van der Waals surface area contributed by atoms with Crippen molar-refractivity contribution in [1.82, 2.24) is 14.8 Å². The molecule has 0 aliphatic rings. The molecule has 2 heterocycles. The number of benzene rings is 1. The van der Waals surface area contributed by atoms with E-state index in [9.17, 15) is 4.79 Å². The SMILES string of the molecule is N#Cc1ccccc1CSc1nnc(-c2cccs2)n1CC(N)=O. The number of nitrogens with zero attached hydrogens (tertiary/aromatic N) is 4. The minimum Gasteiger partial charge on any atom is -0.368 e. The van der Waals surface area contributed by atoms with Gasteiger partial charge in [-0.25, -0.2) is 0 Å². The van der Waals surface area contributed by atoms with Gasteiger partial charge in [-0.05, 0) is 23.1 Å². The lowest BCUT2D eigenvalue weighted by atomic mass is 10.1. The highest BCUT2D eigenvalue weighted by molar-refractivity contribution is 7.98. The summed E-state index contributed by atoms with van der Waals surface area (Å²) in [6, 6.07) is 13.4. The first-order valence-electron chi connectivity index (χ1n) is 7.05. The van der Waals surface area contributed by atoms with Crippen LogP contribution in [0.1, 0.15) is 11.1 Å². The Bertz CT molecular complexity index is 896. The van der Waals surface area contributed by atoms with Crippen LogP contribution in [-0.4, -0.2) is 20.7 Å². The van der Waals surface area contributed by atoms with Gasteiger partial charge in [0.1, 0.15) is 6.54 Å². The number of thiophene rings is 1. The second-order valence-electron chi connectivity index (χ2n) is 4.89. The number of hydrogen-bond acceptors (Lipinski definition) is 6. The fraction of sp³-hybridized carbons (Fsp3) is 0.125. The number of nitrogens with two attached hydrogens (primary N) is 1. The number of thioether (sulfide) groups is 1. The first-order valence-corrected chi connectivity index (χ1v) is 8.91. The zero-order valence-electron chi connectivity index (χ0n) is 12.5. The number of carbonyl (C=O) groups excluding carboxylic acids is 1. The summed E-state index contributed by atoms with van der Waals surface area (Å²) in [5.74, 6) is 0.734. The van der Waals surface area contributed by atoms with Crippen molar-refractivity contribution in [1.29, 1.82) is 5.26 Å². The first kappa shape index (κ1) is 16.2. The van der Waals surface area contributed by atoms with E-state index < -0.39 is 5.91 Å². The van der Waals surface area contributed by atoms with Crippen LogP contribution in [0.4, 0.5) is 0 Å². The van der Waals surface area contributed by atoms with Crippen LogP contribution in [0.5, 0.6) is 0 Å². The fourth-order valence-corrected chi connectivity index (χ4v) is 3.84. The molecule has 0 atom stereocenters. The summed E-state index contributed by atoms with van der Waals surface area (Å²) >= 11 is 2.95. The van der Waals surface area contributed by atoms with E-state index in [0.717, 1.165) is 10.4 Å². The summed E-state index contributed by atoms with van der Waals surface area (Å²) < 4.78 is 1.72. The maximum Gasteiger partial charge on any atom is 0.237 e. The predicted molar refractivity (Wildman–Crippen MR) is 93.2 cm³/mol. The number of hydrogen-bond donors (Lipinski definition) is 1. The van der Waals surface area contributed by atoms with Crippen LogP contribution in [0.25, 0.3) is 10.7 Å². The molecule has 1 aromatic carbocycles. The molecule has 3 rings (SSSR count). The average molecular weight is 355 g/mol. The Kier molecular flexibility index (Phi) is 4.93. The molecule has 0 aliphatic heterocycles. The van der Waals surface area contributed by atoms with E-state index in [4.69, 9.17) is 11.0 Å². The molecule has 0 radical (unpaired) electrons. The third kappa shape index (κ3) is 3.48. The summed E-state index contributed by atoms with van der Waals surface area (Å²) in [6.45, 7) is 0.0163. The lowest BCUT2D eigenvalue weighted by Crippen LogP contribution is -2.19. The molecule has 0 saturated carbocycles. The van der Waals surface area contributed by atoms with Crippen molar-refractivity contribution < 1.29 is 4.79 Å². The van der Waals surface area contributed by atoms with Gasteiger partial charge in [0.2, 0.25) is 5.91 Å².